The lowest BCUT2D eigenvalue weighted by Crippen LogP contribution is -2.26. The molecule has 0 saturated carbocycles. The van der Waals surface area contributed by atoms with E-state index >= 15 is 0 Å². The predicted molar refractivity (Wildman–Crippen MR) is 102 cm³/mol. The number of sulfonamides is 1. The molecule has 0 aliphatic rings. The van der Waals surface area contributed by atoms with Gasteiger partial charge in [-0.1, -0.05) is 35.9 Å². The summed E-state index contributed by atoms with van der Waals surface area (Å²) in [5.41, 5.74) is 3.75. The molecule has 0 aliphatic carbocycles. The van der Waals surface area contributed by atoms with Crippen LogP contribution in [0.1, 0.15) is 35.1 Å². The zero-order valence-corrected chi connectivity index (χ0v) is 16.2. The second-order valence-corrected chi connectivity index (χ2v) is 8.15. The van der Waals surface area contributed by atoms with Crippen molar-refractivity contribution < 1.29 is 13.2 Å². The van der Waals surface area contributed by atoms with Crippen LogP contribution in [0.2, 0.25) is 0 Å². The zero-order chi connectivity index (χ0) is 18.4. The fourth-order valence-electron chi connectivity index (χ4n) is 3.00. The van der Waals surface area contributed by atoms with Crippen LogP contribution in [0.5, 0.6) is 5.75 Å². The summed E-state index contributed by atoms with van der Waals surface area (Å²) in [5, 5.41) is 0. The molecule has 0 aliphatic heterocycles. The van der Waals surface area contributed by atoms with Crippen LogP contribution >= 0.6 is 0 Å². The Balaban J connectivity index is 1.82. The number of hydrogen-bond donors (Lipinski definition) is 1. The van der Waals surface area contributed by atoms with Crippen molar-refractivity contribution in [2.75, 3.05) is 13.2 Å². The van der Waals surface area contributed by atoms with Crippen LogP contribution in [0.3, 0.4) is 0 Å². The number of aryl methyl sites for hydroxylation is 4. The van der Waals surface area contributed by atoms with E-state index in [2.05, 4.69) is 4.72 Å². The number of hydrogen-bond acceptors (Lipinski definition) is 3. The lowest BCUT2D eigenvalue weighted by Gasteiger charge is -2.13. The summed E-state index contributed by atoms with van der Waals surface area (Å²) in [5.74, 6) is 0.883. The summed E-state index contributed by atoms with van der Waals surface area (Å²) in [6.07, 6.45) is 1.53. The average molecular weight is 362 g/mol. The number of rotatable bonds is 8. The Morgan fingerprint density at radius 3 is 2.20 bits per heavy atom. The van der Waals surface area contributed by atoms with Crippen molar-refractivity contribution >= 4 is 10.0 Å². The first-order valence-corrected chi connectivity index (χ1v) is 10.1. The fourth-order valence-corrected chi connectivity index (χ4v) is 4.52. The Morgan fingerprint density at radius 1 is 0.920 bits per heavy atom. The Kier molecular flexibility index (Phi) is 6.62. The van der Waals surface area contributed by atoms with Gasteiger partial charge in [0, 0.05) is 6.54 Å². The summed E-state index contributed by atoms with van der Waals surface area (Å²) in [6, 6.07) is 11.7. The molecule has 0 atom stereocenters. The van der Waals surface area contributed by atoms with E-state index in [-0.39, 0.29) is 0 Å². The highest BCUT2D eigenvalue weighted by Crippen LogP contribution is 2.21. The van der Waals surface area contributed by atoms with Gasteiger partial charge in [-0.05, 0) is 63.3 Å². The van der Waals surface area contributed by atoms with Gasteiger partial charge in [0.15, 0.2) is 0 Å². The second kappa shape index (κ2) is 8.50. The maximum Gasteiger partial charge on any atom is 0.241 e. The molecule has 0 amide bonds. The first-order chi connectivity index (χ1) is 11.8. The largest absolute Gasteiger partial charge is 0.493 e. The van der Waals surface area contributed by atoms with Crippen molar-refractivity contribution in [3.63, 3.8) is 0 Å². The van der Waals surface area contributed by atoms with Gasteiger partial charge in [0.05, 0.1) is 11.5 Å². The molecule has 2 aromatic carbocycles. The van der Waals surface area contributed by atoms with Crippen LogP contribution in [0.15, 0.2) is 41.3 Å². The standard InChI is InChI=1S/C20H27NO3S/c1-15-13-17(3)20(18(4)14-15)25(22,23)21-11-7-8-12-24-19-10-6-5-9-16(19)2/h5-6,9-10,13-14,21H,7-8,11-12H2,1-4H3. The predicted octanol–water partition coefficient (Wildman–Crippen LogP) is 4.06. The highest BCUT2D eigenvalue weighted by Gasteiger charge is 2.19. The van der Waals surface area contributed by atoms with Gasteiger partial charge < -0.3 is 4.74 Å². The third-order valence-corrected chi connectivity index (χ3v) is 5.85. The maximum atomic E-state index is 12.5. The topological polar surface area (TPSA) is 55.4 Å². The van der Waals surface area contributed by atoms with Gasteiger partial charge in [0.2, 0.25) is 10.0 Å². The Hall–Kier alpha value is -1.85. The van der Waals surface area contributed by atoms with E-state index in [0.717, 1.165) is 40.8 Å². The molecule has 0 aromatic heterocycles. The van der Waals surface area contributed by atoms with Gasteiger partial charge in [-0.3, -0.25) is 0 Å². The monoisotopic (exact) mass is 361 g/mol. The molecule has 5 heteroatoms. The minimum Gasteiger partial charge on any atom is -0.493 e. The van der Waals surface area contributed by atoms with E-state index in [4.69, 9.17) is 4.74 Å². The molecule has 25 heavy (non-hydrogen) atoms. The third-order valence-electron chi connectivity index (χ3n) is 4.09. The minimum atomic E-state index is -3.48. The summed E-state index contributed by atoms with van der Waals surface area (Å²) in [4.78, 5) is 0.397. The summed E-state index contributed by atoms with van der Waals surface area (Å²) in [6.45, 7) is 8.64. The second-order valence-electron chi connectivity index (χ2n) is 6.45. The van der Waals surface area contributed by atoms with Crippen LogP contribution in [0, 0.1) is 27.7 Å². The molecule has 2 aromatic rings. The van der Waals surface area contributed by atoms with Crippen LogP contribution in [-0.2, 0) is 10.0 Å². The van der Waals surface area contributed by atoms with Crippen molar-refractivity contribution in [3.8, 4) is 5.75 Å². The number of unbranched alkanes of at least 4 members (excludes halogenated alkanes) is 1. The molecule has 2 rings (SSSR count). The summed E-state index contributed by atoms with van der Waals surface area (Å²) >= 11 is 0. The SMILES string of the molecule is Cc1cc(C)c(S(=O)(=O)NCCCCOc2ccccc2C)c(C)c1. The lowest BCUT2D eigenvalue weighted by atomic mass is 10.1. The lowest BCUT2D eigenvalue weighted by molar-refractivity contribution is 0.305. The Bertz CT molecular complexity index is 806. The smallest absolute Gasteiger partial charge is 0.241 e. The van der Waals surface area contributed by atoms with Crippen LogP contribution in [0.4, 0.5) is 0 Å². The molecule has 136 valence electrons. The van der Waals surface area contributed by atoms with Gasteiger partial charge in [0.25, 0.3) is 0 Å². The van der Waals surface area contributed by atoms with E-state index in [9.17, 15) is 8.42 Å². The number of ether oxygens (including phenoxy) is 1. The molecule has 0 radical (unpaired) electrons. The molecule has 4 nitrogen and oxygen atoms in total. The molecule has 1 N–H and O–H groups in total. The molecule has 0 spiro atoms. The maximum absolute atomic E-state index is 12.5. The molecular formula is C20H27NO3S. The third kappa shape index (κ3) is 5.31. The van der Waals surface area contributed by atoms with Crippen molar-refractivity contribution in [2.24, 2.45) is 0 Å². The molecule has 0 fully saturated rings. The first kappa shape index (κ1) is 19.5. The molecular weight excluding hydrogens is 334 g/mol. The fraction of sp³-hybridized carbons (Fsp3) is 0.400. The highest BCUT2D eigenvalue weighted by atomic mass is 32.2. The number of para-hydroxylation sites is 1. The van der Waals surface area contributed by atoms with E-state index in [1.807, 2.05) is 64.1 Å². The quantitative estimate of drug-likeness (QED) is 0.722. The van der Waals surface area contributed by atoms with Gasteiger partial charge in [-0.15, -0.1) is 0 Å². The van der Waals surface area contributed by atoms with Crippen LogP contribution < -0.4 is 9.46 Å². The van der Waals surface area contributed by atoms with Gasteiger partial charge >= 0.3 is 0 Å². The van der Waals surface area contributed by atoms with E-state index in [1.165, 1.54) is 0 Å². The van der Waals surface area contributed by atoms with Gasteiger partial charge in [-0.2, -0.15) is 0 Å². The molecule has 0 bridgehead atoms. The van der Waals surface area contributed by atoms with Gasteiger partial charge in [0.1, 0.15) is 5.75 Å². The highest BCUT2D eigenvalue weighted by molar-refractivity contribution is 7.89. The van der Waals surface area contributed by atoms with E-state index in [0.29, 0.717) is 18.0 Å². The normalized spacial score (nSPS) is 11.5. The van der Waals surface area contributed by atoms with Crippen LogP contribution in [0.25, 0.3) is 0 Å². The summed E-state index contributed by atoms with van der Waals surface area (Å²) in [7, 11) is -3.48. The van der Waals surface area contributed by atoms with Crippen molar-refractivity contribution in [1.29, 1.82) is 0 Å². The van der Waals surface area contributed by atoms with Gasteiger partial charge in [-0.25, -0.2) is 13.1 Å². The molecule has 0 heterocycles. The number of nitrogens with one attached hydrogen (secondary N) is 1. The zero-order valence-electron chi connectivity index (χ0n) is 15.4. The van der Waals surface area contributed by atoms with Crippen molar-refractivity contribution in [1.82, 2.24) is 4.72 Å². The minimum absolute atomic E-state index is 0.397. The van der Waals surface area contributed by atoms with Crippen molar-refractivity contribution in [2.45, 2.75) is 45.4 Å². The molecule has 0 unspecified atom stereocenters. The summed E-state index contributed by atoms with van der Waals surface area (Å²) < 4.78 is 33.5. The Morgan fingerprint density at radius 2 is 1.56 bits per heavy atom. The van der Waals surface area contributed by atoms with E-state index in [1.54, 1.807) is 0 Å². The van der Waals surface area contributed by atoms with Crippen molar-refractivity contribution in [3.05, 3.63) is 58.7 Å². The van der Waals surface area contributed by atoms with E-state index < -0.39 is 10.0 Å². The average Bonchev–Trinajstić information content (AvgIpc) is 2.51. The first-order valence-electron chi connectivity index (χ1n) is 8.57. The molecule has 0 saturated heterocycles. The number of benzene rings is 2. The Labute approximate surface area is 151 Å². The van der Waals surface area contributed by atoms with Crippen LogP contribution in [-0.4, -0.2) is 21.6 Å².